The van der Waals surface area contributed by atoms with Crippen LogP contribution in [0.3, 0.4) is 0 Å². The molecule has 0 nitrogen and oxygen atoms in total. The van der Waals surface area contributed by atoms with Crippen molar-refractivity contribution in [3.05, 3.63) is 29.8 Å². The largest absolute Gasteiger partial charge is 0.258 e. The van der Waals surface area contributed by atoms with Crippen LogP contribution in [0.1, 0.15) is 52.4 Å². The third-order valence-corrected chi connectivity index (χ3v) is 4.30. The van der Waals surface area contributed by atoms with E-state index in [2.05, 4.69) is 38.1 Å². The van der Waals surface area contributed by atoms with Crippen molar-refractivity contribution in [3.63, 3.8) is 0 Å². The van der Waals surface area contributed by atoms with Crippen LogP contribution in [-0.4, -0.2) is 32.6 Å². The van der Waals surface area contributed by atoms with E-state index in [0.717, 1.165) is 0 Å². The monoisotopic (exact) mass is 264 g/mol. The van der Waals surface area contributed by atoms with E-state index in [9.17, 15) is 0 Å². The summed E-state index contributed by atoms with van der Waals surface area (Å²) in [5.74, 6) is 0. The Labute approximate surface area is 126 Å². The molecule has 0 N–H and O–H groups in total. The topological polar surface area (TPSA) is 0 Å². The number of hydrogen-bond donors (Lipinski definition) is 0. The minimum atomic E-state index is 0. The molecule has 96 valence electrons. The summed E-state index contributed by atoms with van der Waals surface area (Å²) >= 11 is 2.58. The summed E-state index contributed by atoms with van der Waals surface area (Å²) < 4.78 is 1.47. The summed E-state index contributed by atoms with van der Waals surface area (Å²) in [6.45, 7) is 4.38. The van der Waals surface area contributed by atoms with Crippen LogP contribution in [0, 0.1) is 6.92 Å². The van der Waals surface area contributed by atoms with E-state index in [1.165, 1.54) is 86.4 Å². The van der Waals surface area contributed by atoms with E-state index < -0.39 is 0 Å². The molecule has 0 atom stereocenters. The Morgan fingerprint density at radius 1 is 0.941 bits per heavy atom. The van der Waals surface area contributed by atoms with Gasteiger partial charge in [0.25, 0.3) is 16.3 Å². The maximum atomic E-state index is 2.27. The van der Waals surface area contributed by atoms with Gasteiger partial charge >= 0.3 is 0 Å². The highest BCUT2D eigenvalue weighted by Gasteiger charge is 1.86. The molecule has 17 heavy (non-hydrogen) atoms. The van der Waals surface area contributed by atoms with E-state index in [1.54, 1.807) is 0 Å². The molecule has 1 aromatic carbocycles. The Morgan fingerprint density at radius 3 is 1.94 bits per heavy atom. The average Bonchev–Trinajstić information content (AvgIpc) is 2.34. The van der Waals surface area contributed by atoms with Crippen molar-refractivity contribution in [2.75, 3.05) is 0 Å². The SMILES string of the molecule is CCCCCCC[CH2][AlH2].Cc1cc[c]([AlH2])cc1.[HH]. The van der Waals surface area contributed by atoms with E-state index in [4.69, 9.17) is 0 Å². The van der Waals surface area contributed by atoms with Gasteiger partial charge in [-0.15, -0.1) is 9.71 Å². The van der Waals surface area contributed by atoms with Crippen molar-refractivity contribution >= 4 is 37.0 Å². The molecule has 0 saturated heterocycles. The molecule has 0 bridgehead atoms. The summed E-state index contributed by atoms with van der Waals surface area (Å²) in [6, 6.07) is 8.67. The van der Waals surface area contributed by atoms with E-state index in [-0.39, 0.29) is 1.43 Å². The van der Waals surface area contributed by atoms with Crippen LogP contribution >= 0.6 is 0 Å². The summed E-state index contributed by atoms with van der Waals surface area (Å²) in [5.41, 5.74) is 1.35. The fourth-order valence-corrected chi connectivity index (χ4v) is 2.50. The highest BCUT2D eigenvalue weighted by molar-refractivity contribution is 6.32. The zero-order valence-electron chi connectivity index (χ0n) is 12.3. The minimum Gasteiger partial charge on any atom is -0.121 e. The quantitative estimate of drug-likeness (QED) is 0.547. The van der Waals surface area contributed by atoms with Crippen molar-refractivity contribution in [1.82, 2.24) is 0 Å². The van der Waals surface area contributed by atoms with Crippen molar-refractivity contribution in [1.29, 1.82) is 0 Å². The van der Waals surface area contributed by atoms with Gasteiger partial charge in [-0.05, 0) is 6.92 Å². The van der Waals surface area contributed by atoms with Crippen LogP contribution in [0.15, 0.2) is 24.3 Å². The predicted molar refractivity (Wildman–Crippen MR) is 88.2 cm³/mol. The summed E-state index contributed by atoms with van der Waals surface area (Å²) in [7, 11) is 0. The van der Waals surface area contributed by atoms with Crippen LogP contribution in [0.4, 0.5) is 0 Å². The molecule has 2 heteroatoms. The lowest BCUT2D eigenvalue weighted by molar-refractivity contribution is 0.624. The van der Waals surface area contributed by atoms with Gasteiger partial charge in [-0.2, -0.15) is 0 Å². The zero-order valence-corrected chi connectivity index (χ0v) is 16.3. The van der Waals surface area contributed by atoms with Gasteiger partial charge in [-0.1, -0.05) is 75.3 Å². The lowest BCUT2D eigenvalue weighted by Crippen LogP contribution is -1.98. The maximum Gasteiger partial charge on any atom is 0.258 e. The van der Waals surface area contributed by atoms with E-state index in [0.29, 0.717) is 0 Å². The molecule has 0 heterocycles. The summed E-state index contributed by atoms with van der Waals surface area (Å²) in [5, 5.41) is 1.51. The van der Waals surface area contributed by atoms with Crippen molar-refractivity contribution in [2.45, 2.75) is 57.7 Å². The molecule has 1 rings (SSSR count). The van der Waals surface area contributed by atoms with Crippen LogP contribution in [-0.2, 0) is 0 Å². The lowest BCUT2D eigenvalue weighted by atomic mass is 10.1. The smallest absolute Gasteiger partial charge is 0.121 e. The van der Waals surface area contributed by atoms with Crippen molar-refractivity contribution < 1.29 is 1.43 Å². The zero-order chi connectivity index (χ0) is 12.9. The predicted octanol–water partition coefficient (Wildman–Crippen LogP) is 2.90. The first kappa shape index (κ1) is 17.3. The maximum absolute atomic E-state index is 2.27. The van der Waals surface area contributed by atoms with E-state index >= 15 is 0 Å². The fraction of sp³-hybridized carbons (Fsp3) is 0.600. The number of benzene rings is 1. The molecule has 0 amide bonds. The summed E-state index contributed by atoms with van der Waals surface area (Å²) in [4.78, 5) is 0. The van der Waals surface area contributed by atoms with Gasteiger partial charge in [0, 0.05) is 1.43 Å². The Bertz CT molecular complexity index is 233. The second-order valence-electron chi connectivity index (χ2n) is 4.92. The van der Waals surface area contributed by atoms with Gasteiger partial charge in [-0.25, -0.2) is 0 Å². The van der Waals surface area contributed by atoms with Gasteiger partial charge in [0.05, 0.1) is 0 Å². The van der Waals surface area contributed by atoms with Gasteiger partial charge in [0.15, 0.2) is 0 Å². The van der Waals surface area contributed by atoms with Gasteiger partial charge in [0.2, 0.25) is 16.3 Å². The number of rotatable bonds is 6. The second-order valence-corrected chi connectivity index (χ2v) is 7.08. The third-order valence-electron chi connectivity index (χ3n) is 2.93. The minimum absolute atomic E-state index is 0. The number of hydrogen-bond acceptors (Lipinski definition) is 0. The molecule has 1 aromatic rings. The van der Waals surface area contributed by atoms with Crippen LogP contribution in [0.25, 0.3) is 0 Å². The third kappa shape index (κ3) is 12.5. The molecule has 0 aliphatic heterocycles. The Hall–Kier alpha value is 0.285. The molecule has 0 aromatic heterocycles. The highest BCUT2D eigenvalue weighted by Crippen LogP contribution is 2.05. The molecule has 0 radical (unpaired) electrons. The van der Waals surface area contributed by atoms with Gasteiger partial charge < -0.3 is 0 Å². The molecular weight excluding hydrogens is 234 g/mol. The van der Waals surface area contributed by atoms with Crippen molar-refractivity contribution in [3.8, 4) is 0 Å². The Balaban J connectivity index is 0. The molecule has 0 spiro atoms. The van der Waals surface area contributed by atoms with Gasteiger partial charge in [0.1, 0.15) is 0 Å². The standard InChI is InChI=1S/C8H17.C7H7.2Al.H2.4H/c1-3-5-7-8-6-4-2;1-7-5-3-2-4-6-7;;;;;;;/h1,3-8H2,2H3;3-6H,1H3;;;1H;;;;. The molecular formula is C15H30Al2. The number of aryl methyl sites for hydroxylation is 1. The molecule has 0 unspecified atom stereocenters. The van der Waals surface area contributed by atoms with Crippen LogP contribution in [0.5, 0.6) is 0 Å². The first-order chi connectivity index (χ1) is 8.20. The van der Waals surface area contributed by atoms with Crippen LogP contribution in [0.2, 0.25) is 5.28 Å². The highest BCUT2D eigenvalue weighted by atomic mass is 27.1. The Morgan fingerprint density at radius 2 is 1.47 bits per heavy atom. The molecule has 0 aliphatic rings. The average molecular weight is 264 g/mol. The molecule has 0 aliphatic carbocycles. The lowest BCUT2D eigenvalue weighted by Gasteiger charge is -1.96. The van der Waals surface area contributed by atoms with Crippen molar-refractivity contribution in [2.24, 2.45) is 0 Å². The molecule has 0 fully saturated rings. The fourth-order valence-electron chi connectivity index (χ4n) is 1.67. The Kier molecular flexibility index (Phi) is 12.9. The first-order valence-electron chi connectivity index (χ1n) is 7.24. The normalized spacial score (nSPS) is 9.53. The second kappa shape index (κ2) is 12.7. The van der Waals surface area contributed by atoms with E-state index in [1.807, 2.05) is 0 Å². The first-order valence-corrected chi connectivity index (χ1v) is 9.65. The number of unbranched alkanes of at least 4 members (excludes halogenated alkanes) is 5. The van der Waals surface area contributed by atoms with Gasteiger partial charge in [-0.3, -0.25) is 0 Å². The molecule has 0 saturated carbocycles. The summed E-state index contributed by atoms with van der Waals surface area (Å²) in [6.07, 6.45) is 8.76. The van der Waals surface area contributed by atoms with Crippen LogP contribution < -0.4 is 4.43 Å².